The van der Waals surface area contributed by atoms with Crippen LogP contribution in [0.25, 0.3) is 0 Å². The van der Waals surface area contributed by atoms with Gasteiger partial charge < -0.3 is 14.5 Å². The SMILES string of the molecule is C=CCN(CC1CC(c2ccccc2OC)=NO1)C(=O)CCC1CCCC1. The van der Waals surface area contributed by atoms with E-state index in [1.54, 1.807) is 13.2 Å². The first kappa shape index (κ1) is 19.5. The third-order valence-corrected chi connectivity index (χ3v) is 5.52. The molecule has 5 nitrogen and oxygen atoms in total. The molecule has 1 unspecified atom stereocenters. The topological polar surface area (TPSA) is 51.1 Å². The van der Waals surface area contributed by atoms with Crippen molar-refractivity contribution in [3.63, 3.8) is 0 Å². The smallest absolute Gasteiger partial charge is 0.222 e. The Morgan fingerprint density at radius 2 is 2.15 bits per heavy atom. The third kappa shape index (κ3) is 5.12. The normalized spacial score (nSPS) is 19.4. The molecule has 1 aliphatic carbocycles. The molecule has 0 aromatic heterocycles. The molecule has 146 valence electrons. The second-order valence-corrected chi connectivity index (χ2v) is 7.45. The van der Waals surface area contributed by atoms with Gasteiger partial charge in [0.15, 0.2) is 6.10 Å². The molecular weight excluding hydrogens is 340 g/mol. The van der Waals surface area contributed by atoms with Crippen LogP contribution in [0.5, 0.6) is 5.75 Å². The molecule has 1 saturated carbocycles. The van der Waals surface area contributed by atoms with Crippen LogP contribution in [0.15, 0.2) is 42.1 Å². The Morgan fingerprint density at radius 1 is 1.37 bits per heavy atom. The standard InChI is InChI=1S/C22H30N2O3/c1-3-14-24(22(25)13-12-17-8-4-5-9-17)16-18-15-20(23-27-18)19-10-6-7-11-21(19)26-2/h3,6-7,10-11,17-18H,1,4-5,8-9,12-16H2,2H3. The molecule has 27 heavy (non-hydrogen) atoms. The maximum Gasteiger partial charge on any atom is 0.222 e. The summed E-state index contributed by atoms with van der Waals surface area (Å²) in [6, 6.07) is 7.80. The first-order chi connectivity index (χ1) is 13.2. The quantitative estimate of drug-likeness (QED) is 0.613. The van der Waals surface area contributed by atoms with Crippen LogP contribution in [0.4, 0.5) is 0 Å². The predicted molar refractivity (Wildman–Crippen MR) is 107 cm³/mol. The van der Waals surface area contributed by atoms with Crippen LogP contribution in [0.3, 0.4) is 0 Å². The number of para-hydroxylation sites is 1. The molecule has 0 spiro atoms. The lowest BCUT2D eigenvalue weighted by atomic mass is 10.0. The van der Waals surface area contributed by atoms with E-state index >= 15 is 0 Å². The van der Waals surface area contributed by atoms with Crippen LogP contribution >= 0.6 is 0 Å². The summed E-state index contributed by atoms with van der Waals surface area (Å²) in [5, 5.41) is 4.25. The highest BCUT2D eigenvalue weighted by atomic mass is 16.6. The lowest BCUT2D eigenvalue weighted by molar-refractivity contribution is -0.132. The number of hydrogen-bond donors (Lipinski definition) is 0. The highest BCUT2D eigenvalue weighted by Gasteiger charge is 2.28. The highest BCUT2D eigenvalue weighted by Crippen LogP contribution is 2.29. The second kappa shape index (κ2) is 9.58. The van der Waals surface area contributed by atoms with E-state index in [2.05, 4.69) is 11.7 Å². The fraction of sp³-hybridized carbons (Fsp3) is 0.545. The Bertz CT molecular complexity index is 680. The van der Waals surface area contributed by atoms with Crippen LogP contribution in [-0.4, -0.2) is 42.8 Å². The fourth-order valence-corrected chi connectivity index (χ4v) is 4.03. The molecule has 1 aromatic rings. The number of oxime groups is 1. The third-order valence-electron chi connectivity index (χ3n) is 5.52. The van der Waals surface area contributed by atoms with Crippen molar-refractivity contribution in [2.24, 2.45) is 11.1 Å². The van der Waals surface area contributed by atoms with E-state index in [1.165, 1.54) is 25.7 Å². The van der Waals surface area contributed by atoms with Crippen LogP contribution in [-0.2, 0) is 9.63 Å². The van der Waals surface area contributed by atoms with Gasteiger partial charge in [-0.25, -0.2) is 0 Å². The molecule has 3 rings (SSSR count). The van der Waals surface area contributed by atoms with Crippen molar-refractivity contribution in [2.75, 3.05) is 20.2 Å². The number of amides is 1. The van der Waals surface area contributed by atoms with Crippen LogP contribution in [0, 0.1) is 5.92 Å². The van der Waals surface area contributed by atoms with Gasteiger partial charge in [0, 0.05) is 24.9 Å². The largest absolute Gasteiger partial charge is 0.496 e. The molecule has 0 bridgehead atoms. The Morgan fingerprint density at radius 3 is 2.89 bits per heavy atom. The van der Waals surface area contributed by atoms with Gasteiger partial charge in [-0.2, -0.15) is 0 Å². The van der Waals surface area contributed by atoms with E-state index in [9.17, 15) is 4.79 Å². The number of methoxy groups -OCH3 is 1. The summed E-state index contributed by atoms with van der Waals surface area (Å²) in [7, 11) is 1.65. The van der Waals surface area contributed by atoms with Gasteiger partial charge in [0.05, 0.1) is 19.4 Å². The molecule has 1 aromatic carbocycles. The van der Waals surface area contributed by atoms with Gasteiger partial charge in [0.1, 0.15) is 5.75 Å². The number of carbonyl (C=O) groups is 1. The average molecular weight is 370 g/mol. The highest BCUT2D eigenvalue weighted by molar-refractivity contribution is 6.03. The van der Waals surface area contributed by atoms with Crippen molar-refractivity contribution in [1.82, 2.24) is 4.90 Å². The minimum atomic E-state index is -0.125. The number of carbonyl (C=O) groups excluding carboxylic acids is 1. The van der Waals surface area contributed by atoms with Crippen molar-refractivity contribution in [3.05, 3.63) is 42.5 Å². The van der Waals surface area contributed by atoms with Gasteiger partial charge in [-0.1, -0.05) is 49.0 Å². The predicted octanol–water partition coefficient (Wildman–Crippen LogP) is 4.17. The molecule has 0 N–H and O–H groups in total. The summed E-state index contributed by atoms with van der Waals surface area (Å²) in [5.74, 6) is 1.70. The van der Waals surface area contributed by atoms with Gasteiger partial charge in [0.2, 0.25) is 5.91 Å². The Balaban J connectivity index is 1.54. The summed E-state index contributed by atoms with van der Waals surface area (Å²) in [6.45, 7) is 4.89. The van der Waals surface area contributed by atoms with Gasteiger partial charge in [-0.3, -0.25) is 4.79 Å². The monoisotopic (exact) mass is 370 g/mol. The van der Waals surface area contributed by atoms with Crippen molar-refractivity contribution >= 4 is 11.6 Å². The Hall–Kier alpha value is -2.30. The van der Waals surface area contributed by atoms with Crippen molar-refractivity contribution in [2.45, 2.75) is 51.0 Å². The lowest BCUT2D eigenvalue weighted by Crippen LogP contribution is -2.37. The van der Waals surface area contributed by atoms with Crippen LogP contribution in [0.1, 0.15) is 50.5 Å². The molecule has 1 aliphatic heterocycles. The summed E-state index contributed by atoms with van der Waals surface area (Å²) in [5.41, 5.74) is 1.82. The number of ether oxygens (including phenoxy) is 1. The summed E-state index contributed by atoms with van der Waals surface area (Å²) in [6.07, 6.45) is 9.12. The van der Waals surface area contributed by atoms with E-state index in [0.717, 1.165) is 29.4 Å². The van der Waals surface area contributed by atoms with Crippen molar-refractivity contribution < 1.29 is 14.4 Å². The molecule has 0 saturated heterocycles. The van der Waals surface area contributed by atoms with Gasteiger partial charge in [-0.05, 0) is 24.5 Å². The zero-order valence-corrected chi connectivity index (χ0v) is 16.2. The second-order valence-electron chi connectivity index (χ2n) is 7.45. The van der Waals surface area contributed by atoms with E-state index in [4.69, 9.17) is 9.57 Å². The minimum Gasteiger partial charge on any atom is -0.496 e. The average Bonchev–Trinajstić information content (AvgIpc) is 3.37. The number of nitrogens with zero attached hydrogens (tertiary/aromatic N) is 2. The molecule has 1 heterocycles. The first-order valence-corrected chi connectivity index (χ1v) is 9.96. The minimum absolute atomic E-state index is 0.125. The van der Waals surface area contributed by atoms with Gasteiger partial charge >= 0.3 is 0 Å². The zero-order valence-electron chi connectivity index (χ0n) is 16.2. The van der Waals surface area contributed by atoms with Crippen molar-refractivity contribution in [3.8, 4) is 5.75 Å². The first-order valence-electron chi connectivity index (χ1n) is 9.96. The number of hydrogen-bond acceptors (Lipinski definition) is 4. The molecule has 0 radical (unpaired) electrons. The lowest BCUT2D eigenvalue weighted by Gasteiger charge is -2.24. The number of benzene rings is 1. The van der Waals surface area contributed by atoms with Crippen LogP contribution < -0.4 is 4.74 Å². The summed E-state index contributed by atoms with van der Waals surface area (Å²) < 4.78 is 5.42. The zero-order chi connectivity index (χ0) is 19.1. The maximum atomic E-state index is 12.7. The number of rotatable bonds is 9. The maximum absolute atomic E-state index is 12.7. The molecular formula is C22H30N2O3. The van der Waals surface area contributed by atoms with E-state index in [-0.39, 0.29) is 12.0 Å². The molecule has 1 amide bonds. The Kier molecular flexibility index (Phi) is 6.91. The molecule has 1 atom stereocenters. The van der Waals surface area contributed by atoms with Crippen molar-refractivity contribution in [1.29, 1.82) is 0 Å². The van der Waals surface area contributed by atoms with Crippen LogP contribution in [0.2, 0.25) is 0 Å². The fourth-order valence-electron chi connectivity index (χ4n) is 4.03. The molecule has 5 heteroatoms. The Labute approximate surface area is 162 Å². The van der Waals surface area contributed by atoms with E-state index in [0.29, 0.717) is 25.9 Å². The van der Waals surface area contributed by atoms with Gasteiger partial charge in [-0.15, -0.1) is 6.58 Å². The molecule has 1 fully saturated rings. The summed E-state index contributed by atoms with van der Waals surface area (Å²) in [4.78, 5) is 20.2. The van der Waals surface area contributed by atoms with Gasteiger partial charge in [0.25, 0.3) is 0 Å². The van der Waals surface area contributed by atoms with E-state index < -0.39 is 0 Å². The summed E-state index contributed by atoms with van der Waals surface area (Å²) >= 11 is 0. The van der Waals surface area contributed by atoms with E-state index in [1.807, 2.05) is 29.2 Å². The molecule has 2 aliphatic rings.